The second-order valence-corrected chi connectivity index (χ2v) is 9.82. The van der Waals surface area contributed by atoms with Crippen molar-refractivity contribution in [2.75, 3.05) is 11.8 Å². The van der Waals surface area contributed by atoms with Crippen molar-refractivity contribution in [3.63, 3.8) is 0 Å². The number of nitrogens with one attached hydrogen (secondary N) is 1. The molecule has 0 aliphatic carbocycles. The maximum atomic E-state index is 12.9. The van der Waals surface area contributed by atoms with Crippen molar-refractivity contribution < 1.29 is 13.2 Å². The number of amides is 1. The molecule has 4 aromatic rings. The maximum Gasteiger partial charge on any atom is 0.261 e. The molecule has 0 saturated heterocycles. The van der Waals surface area contributed by atoms with Crippen LogP contribution >= 0.6 is 0 Å². The van der Waals surface area contributed by atoms with Crippen LogP contribution in [0.3, 0.4) is 0 Å². The quantitative estimate of drug-likeness (QED) is 0.412. The zero-order valence-electron chi connectivity index (χ0n) is 19.0. The Morgan fingerprint density at radius 1 is 0.941 bits per heavy atom. The lowest BCUT2D eigenvalue weighted by molar-refractivity contribution is 0.0785. The van der Waals surface area contributed by atoms with Crippen molar-refractivity contribution in [1.29, 1.82) is 0 Å². The summed E-state index contributed by atoms with van der Waals surface area (Å²) in [6.07, 6.45) is 3.67. The zero-order valence-corrected chi connectivity index (χ0v) is 19.9. The van der Waals surface area contributed by atoms with Crippen molar-refractivity contribution in [2.24, 2.45) is 0 Å². The lowest BCUT2D eigenvalue weighted by atomic mass is 10.2. The van der Waals surface area contributed by atoms with Gasteiger partial charge in [0.05, 0.1) is 23.3 Å². The lowest BCUT2D eigenvalue weighted by Crippen LogP contribution is -2.26. The Balaban J connectivity index is 1.40. The molecular formula is C26H26N4O3S. The molecule has 0 fully saturated rings. The molecule has 0 aliphatic rings. The number of nitrogens with zero attached hydrogens (tertiary/aromatic N) is 3. The van der Waals surface area contributed by atoms with Crippen LogP contribution in [0.25, 0.3) is 0 Å². The van der Waals surface area contributed by atoms with E-state index in [1.807, 2.05) is 60.3 Å². The molecule has 174 valence electrons. The number of rotatable bonds is 8. The van der Waals surface area contributed by atoms with E-state index in [0.29, 0.717) is 24.3 Å². The van der Waals surface area contributed by atoms with Crippen LogP contribution in [0.15, 0.2) is 96.2 Å². The number of aryl methyl sites for hydroxylation is 1. The third-order valence-electron chi connectivity index (χ3n) is 5.44. The molecule has 0 saturated carbocycles. The van der Waals surface area contributed by atoms with Crippen LogP contribution in [-0.4, -0.2) is 36.1 Å². The van der Waals surface area contributed by atoms with Gasteiger partial charge in [-0.2, -0.15) is 5.10 Å². The summed E-state index contributed by atoms with van der Waals surface area (Å²) >= 11 is 0. The first kappa shape index (κ1) is 23.3. The molecular weight excluding hydrogens is 448 g/mol. The third-order valence-corrected chi connectivity index (χ3v) is 6.82. The average molecular weight is 475 g/mol. The molecule has 0 spiro atoms. The van der Waals surface area contributed by atoms with Crippen LogP contribution in [-0.2, 0) is 23.1 Å². The van der Waals surface area contributed by atoms with Crippen LogP contribution in [0.2, 0.25) is 0 Å². The average Bonchev–Trinajstić information content (AvgIpc) is 3.27. The van der Waals surface area contributed by atoms with E-state index in [-0.39, 0.29) is 10.8 Å². The minimum Gasteiger partial charge on any atom is -0.337 e. The highest BCUT2D eigenvalue weighted by Gasteiger charge is 2.18. The highest BCUT2D eigenvalue weighted by Crippen LogP contribution is 2.20. The molecule has 0 aliphatic heterocycles. The number of hydrogen-bond donors (Lipinski definition) is 1. The minimum absolute atomic E-state index is 0.0946. The molecule has 4 rings (SSSR count). The fourth-order valence-corrected chi connectivity index (χ4v) is 4.71. The number of aromatic nitrogens is 2. The molecule has 1 N–H and O–H groups in total. The zero-order chi connectivity index (χ0) is 24.1. The second-order valence-electron chi connectivity index (χ2n) is 8.14. The van der Waals surface area contributed by atoms with Gasteiger partial charge in [0.1, 0.15) is 0 Å². The van der Waals surface area contributed by atoms with Gasteiger partial charge in [0, 0.05) is 30.9 Å². The standard InChI is InChI=1S/C26H26N4O3S/c1-20-8-6-7-11-25(20)28-34(32,33)24-14-12-23(13-15-24)26(31)29(2)17-22-16-27-30(19-22)18-21-9-4-3-5-10-21/h3-16,19,28H,17-18H2,1-2H3. The van der Waals surface area contributed by atoms with Crippen molar-refractivity contribution in [1.82, 2.24) is 14.7 Å². The third kappa shape index (κ3) is 5.52. The summed E-state index contributed by atoms with van der Waals surface area (Å²) in [5.41, 5.74) is 3.82. The van der Waals surface area contributed by atoms with E-state index >= 15 is 0 Å². The number of sulfonamides is 1. The van der Waals surface area contributed by atoms with Crippen LogP contribution in [0, 0.1) is 6.92 Å². The number of benzene rings is 3. The van der Waals surface area contributed by atoms with E-state index in [4.69, 9.17) is 0 Å². The monoisotopic (exact) mass is 474 g/mol. The number of anilines is 1. The Morgan fingerprint density at radius 2 is 1.62 bits per heavy atom. The van der Waals surface area contributed by atoms with E-state index in [0.717, 1.165) is 16.7 Å². The van der Waals surface area contributed by atoms with E-state index in [1.54, 1.807) is 30.3 Å². The molecule has 0 atom stereocenters. The Kier molecular flexibility index (Phi) is 6.79. The summed E-state index contributed by atoms with van der Waals surface area (Å²) in [5, 5.41) is 4.38. The smallest absolute Gasteiger partial charge is 0.261 e. The first-order valence-corrected chi connectivity index (χ1v) is 12.3. The molecule has 1 aromatic heterocycles. The maximum absolute atomic E-state index is 12.9. The van der Waals surface area contributed by atoms with Crippen LogP contribution in [0.4, 0.5) is 5.69 Å². The molecule has 7 nitrogen and oxygen atoms in total. The normalized spacial score (nSPS) is 11.2. The molecule has 34 heavy (non-hydrogen) atoms. The van der Waals surface area contributed by atoms with E-state index in [9.17, 15) is 13.2 Å². The van der Waals surface area contributed by atoms with Gasteiger partial charge in [-0.15, -0.1) is 0 Å². The molecule has 0 unspecified atom stereocenters. The fraction of sp³-hybridized carbons (Fsp3) is 0.154. The molecule has 0 radical (unpaired) electrons. The topological polar surface area (TPSA) is 84.3 Å². The summed E-state index contributed by atoms with van der Waals surface area (Å²) < 4.78 is 29.9. The summed E-state index contributed by atoms with van der Waals surface area (Å²) in [4.78, 5) is 14.6. The van der Waals surface area contributed by atoms with Gasteiger partial charge < -0.3 is 4.90 Å². The summed E-state index contributed by atoms with van der Waals surface area (Å²) in [6, 6.07) is 23.1. The fourth-order valence-electron chi connectivity index (χ4n) is 3.58. The molecule has 1 heterocycles. The molecule has 8 heteroatoms. The number of carbonyl (C=O) groups is 1. The van der Waals surface area contributed by atoms with Gasteiger partial charge >= 0.3 is 0 Å². The first-order chi connectivity index (χ1) is 16.3. The van der Waals surface area contributed by atoms with Crippen molar-refractivity contribution in [3.05, 3.63) is 114 Å². The van der Waals surface area contributed by atoms with E-state index in [1.165, 1.54) is 24.3 Å². The summed E-state index contributed by atoms with van der Waals surface area (Å²) in [6.45, 7) is 2.88. The van der Waals surface area contributed by atoms with Gasteiger partial charge in [-0.1, -0.05) is 48.5 Å². The highest BCUT2D eigenvalue weighted by atomic mass is 32.2. The van der Waals surface area contributed by atoms with Gasteiger partial charge in [0.15, 0.2) is 0 Å². The summed E-state index contributed by atoms with van der Waals surface area (Å²) in [7, 11) is -2.05. The van der Waals surface area contributed by atoms with Gasteiger partial charge in [-0.05, 0) is 48.4 Å². The van der Waals surface area contributed by atoms with Crippen LogP contribution < -0.4 is 4.72 Å². The first-order valence-electron chi connectivity index (χ1n) is 10.8. The van der Waals surface area contributed by atoms with Crippen molar-refractivity contribution in [3.8, 4) is 0 Å². The molecule has 0 bridgehead atoms. The highest BCUT2D eigenvalue weighted by molar-refractivity contribution is 7.92. The Hall–Kier alpha value is -3.91. The van der Waals surface area contributed by atoms with Gasteiger partial charge in [-0.3, -0.25) is 14.2 Å². The number of para-hydroxylation sites is 1. The molecule has 3 aromatic carbocycles. The van der Waals surface area contributed by atoms with Crippen LogP contribution in [0.1, 0.15) is 27.0 Å². The van der Waals surface area contributed by atoms with Gasteiger partial charge in [0.25, 0.3) is 15.9 Å². The van der Waals surface area contributed by atoms with Gasteiger partial charge in [-0.25, -0.2) is 8.42 Å². The Labute approximate surface area is 199 Å². The van der Waals surface area contributed by atoms with Crippen LogP contribution in [0.5, 0.6) is 0 Å². The van der Waals surface area contributed by atoms with E-state index in [2.05, 4.69) is 9.82 Å². The predicted molar refractivity (Wildman–Crippen MR) is 132 cm³/mol. The van der Waals surface area contributed by atoms with Gasteiger partial charge in [0.2, 0.25) is 0 Å². The van der Waals surface area contributed by atoms with E-state index < -0.39 is 10.0 Å². The van der Waals surface area contributed by atoms with Crippen molar-refractivity contribution >= 4 is 21.6 Å². The number of carbonyl (C=O) groups excluding carboxylic acids is 1. The molecule has 1 amide bonds. The number of hydrogen-bond acceptors (Lipinski definition) is 4. The SMILES string of the molecule is Cc1ccccc1NS(=O)(=O)c1ccc(C(=O)N(C)Cc2cnn(Cc3ccccc3)c2)cc1. The summed E-state index contributed by atoms with van der Waals surface area (Å²) in [5.74, 6) is -0.202. The Morgan fingerprint density at radius 3 is 2.32 bits per heavy atom. The second kappa shape index (κ2) is 9.93. The lowest BCUT2D eigenvalue weighted by Gasteiger charge is -2.16. The van der Waals surface area contributed by atoms with Crippen molar-refractivity contribution in [2.45, 2.75) is 24.9 Å². The largest absolute Gasteiger partial charge is 0.337 e. The predicted octanol–water partition coefficient (Wildman–Crippen LogP) is 4.31. The minimum atomic E-state index is -3.76. The Bertz CT molecular complexity index is 1380.